The van der Waals surface area contributed by atoms with E-state index in [4.69, 9.17) is 0 Å². The summed E-state index contributed by atoms with van der Waals surface area (Å²) in [4.78, 5) is 24.1. The first-order valence-electron chi connectivity index (χ1n) is 8.15. The number of aliphatic carboxylic acids is 1. The highest BCUT2D eigenvalue weighted by Gasteiger charge is 2.41. The molecule has 1 fully saturated rings. The van der Waals surface area contributed by atoms with Crippen LogP contribution in [0.3, 0.4) is 0 Å². The monoisotopic (exact) mass is 335 g/mol. The summed E-state index contributed by atoms with van der Waals surface area (Å²) in [6, 6.07) is 8.21. The average molecular weight is 335 g/mol. The van der Waals surface area contributed by atoms with E-state index in [0.717, 1.165) is 23.5 Å². The van der Waals surface area contributed by atoms with E-state index < -0.39 is 11.5 Å². The first kappa shape index (κ1) is 17.9. The number of carbonyl (C=O) groups is 2. The fraction of sp³-hybridized carbons (Fsp3) is 0.556. The highest BCUT2D eigenvalue weighted by molar-refractivity contribution is 7.99. The molecule has 4 nitrogen and oxygen atoms in total. The summed E-state index contributed by atoms with van der Waals surface area (Å²) in [5.74, 6) is 0.615. The van der Waals surface area contributed by atoms with Gasteiger partial charge in [0, 0.05) is 6.42 Å². The minimum absolute atomic E-state index is 0.124. The first-order valence-corrected chi connectivity index (χ1v) is 9.31. The molecule has 1 saturated heterocycles. The summed E-state index contributed by atoms with van der Waals surface area (Å²) in [7, 11) is 0. The molecule has 2 rings (SSSR count). The molecular formula is C18H25NO3S. The number of rotatable bonds is 6. The Balaban J connectivity index is 2.04. The normalized spacial score (nSPS) is 18.2. The molecule has 1 amide bonds. The van der Waals surface area contributed by atoms with Gasteiger partial charge in [-0.15, -0.1) is 0 Å². The molecule has 1 atom stereocenters. The van der Waals surface area contributed by atoms with E-state index >= 15 is 0 Å². The molecule has 1 aromatic carbocycles. The van der Waals surface area contributed by atoms with Crippen molar-refractivity contribution in [2.24, 2.45) is 0 Å². The van der Waals surface area contributed by atoms with Crippen molar-refractivity contribution in [3.63, 3.8) is 0 Å². The number of thioether (sulfide) groups is 1. The summed E-state index contributed by atoms with van der Waals surface area (Å²) < 4.78 is 0. The van der Waals surface area contributed by atoms with Crippen molar-refractivity contribution in [1.29, 1.82) is 0 Å². The maximum absolute atomic E-state index is 12.4. The van der Waals surface area contributed by atoms with Gasteiger partial charge in [0.15, 0.2) is 0 Å². The lowest BCUT2D eigenvalue weighted by atomic mass is 9.89. The molecule has 0 saturated carbocycles. The summed E-state index contributed by atoms with van der Waals surface area (Å²) in [5, 5.41) is 12.4. The van der Waals surface area contributed by atoms with E-state index in [1.807, 2.05) is 19.1 Å². The van der Waals surface area contributed by atoms with Crippen LogP contribution >= 0.6 is 11.8 Å². The molecule has 23 heavy (non-hydrogen) atoms. The Kier molecular flexibility index (Phi) is 6.10. The SMILES string of the molecule is CCC(CC(=O)NC1(C(=O)O)CCSCC1)c1ccc(C)cc1. The molecule has 0 aliphatic carbocycles. The third kappa shape index (κ3) is 4.50. The van der Waals surface area contributed by atoms with Crippen LogP contribution in [0.15, 0.2) is 24.3 Å². The maximum Gasteiger partial charge on any atom is 0.329 e. The summed E-state index contributed by atoms with van der Waals surface area (Å²) in [6.07, 6.45) is 2.19. The third-order valence-corrected chi connectivity index (χ3v) is 5.59. The van der Waals surface area contributed by atoms with Gasteiger partial charge in [-0.3, -0.25) is 4.79 Å². The summed E-state index contributed by atoms with van der Waals surface area (Å²) in [5.41, 5.74) is 1.25. The first-order chi connectivity index (χ1) is 11.0. The van der Waals surface area contributed by atoms with Gasteiger partial charge in [0.1, 0.15) is 5.54 Å². The van der Waals surface area contributed by atoms with Crippen molar-refractivity contribution in [2.75, 3.05) is 11.5 Å². The summed E-state index contributed by atoms with van der Waals surface area (Å²) >= 11 is 1.74. The minimum Gasteiger partial charge on any atom is -0.480 e. The molecule has 126 valence electrons. The second-order valence-electron chi connectivity index (χ2n) is 6.27. The standard InChI is InChI=1S/C18H25NO3S/c1-3-14(15-6-4-13(2)5-7-15)12-16(20)19-18(17(21)22)8-10-23-11-9-18/h4-7,14H,3,8-12H2,1-2H3,(H,19,20)(H,21,22). The molecule has 1 heterocycles. The number of hydrogen-bond donors (Lipinski definition) is 2. The zero-order valence-corrected chi connectivity index (χ0v) is 14.6. The van der Waals surface area contributed by atoms with Crippen LogP contribution < -0.4 is 5.32 Å². The number of carbonyl (C=O) groups excluding carboxylic acids is 1. The van der Waals surface area contributed by atoms with Gasteiger partial charge >= 0.3 is 5.97 Å². The van der Waals surface area contributed by atoms with Crippen LogP contribution in [0, 0.1) is 6.92 Å². The molecule has 2 N–H and O–H groups in total. The topological polar surface area (TPSA) is 66.4 Å². The van der Waals surface area contributed by atoms with Gasteiger partial charge in [0.25, 0.3) is 0 Å². The molecule has 0 aromatic heterocycles. The molecule has 1 aromatic rings. The van der Waals surface area contributed by atoms with E-state index in [1.165, 1.54) is 5.56 Å². The largest absolute Gasteiger partial charge is 0.480 e. The van der Waals surface area contributed by atoms with Gasteiger partial charge < -0.3 is 10.4 Å². The van der Waals surface area contributed by atoms with E-state index in [2.05, 4.69) is 24.4 Å². The fourth-order valence-electron chi connectivity index (χ4n) is 2.99. The highest BCUT2D eigenvalue weighted by atomic mass is 32.2. The van der Waals surface area contributed by atoms with Crippen molar-refractivity contribution in [1.82, 2.24) is 5.32 Å². The zero-order valence-electron chi connectivity index (χ0n) is 13.8. The number of amides is 1. The van der Waals surface area contributed by atoms with Crippen LogP contribution in [0.2, 0.25) is 0 Å². The maximum atomic E-state index is 12.4. The zero-order chi connectivity index (χ0) is 16.9. The summed E-state index contributed by atoms with van der Waals surface area (Å²) in [6.45, 7) is 4.09. The van der Waals surface area contributed by atoms with Crippen LogP contribution in [-0.4, -0.2) is 34.0 Å². The van der Waals surface area contributed by atoms with Crippen LogP contribution in [0.5, 0.6) is 0 Å². The van der Waals surface area contributed by atoms with Crippen LogP contribution in [-0.2, 0) is 9.59 Å². The lowest BCUT2D eigenvalue weighted by Gasteiger charge is -2.34. The second-order valence-corrected chi connectivity index (χ2v) is 7.49. The Morgan fingerprint density at radius 1 is 1.26 bits per heavy atom. The van der Waals surface area contributed by atoms with E-state index in [9.17, 15) is 14.7 Å². The Labute approximate surface area is 142 Å². The number of nitrogens with one attached hydrogen (secondary N) is 1. The van der Waals surface area contributed by atoms with Crippen molar-refractivity contribution in [3.8, 4) is 0 Å². The Morgan fingerprint density at radius 3 is 2.39 bits per heavy atom. The molecule has 5 heteroatoms. The van der Waals surface area contributed by atoms with Crippen LogP contribution in [0.1, 0.15) is 49.7 Å². The van der Waals surface area contributed by atoms with Crippen molar-refractivity contribution >= 4 is 23.6 Å². The number of carboxylic acid groups (broad SMARTS) is 1. The lowest BCUT2D eigenvalue weighted by molar-refractivity contribution is -0.148. The van der Waals surface area contributed by atoms with Gasteiger partial charge in [-0.2, -0.15) is 11.8 Å². The third-order valence-electron chi connectivity index (χ3n) is 4.61. The molecule has 0 spiro atoms. The number of aryl methyl sites for hydroxylation is 1. The molecule has 0 bridgehead atoms. The second kappa shape index (κ2) is 7.86. The lowest BCUT2D eigenvalue weighted by Crippen LogP contribution is -2.56. The van der Waals surface area contributed by atoms with Crippen molar-refractivity contribution in [2.45, 2.75) is 51.0 Å². The minimum atomic E-state index is -1.08. The smallest absolute Gasteiger partial charge is 0.329 e. The molecule has 0 radical (unpaired) electrons. The molecule has 1 aliphatic heterocycles. The van der Waals surface area contributed by atoms with Crippen molar-refractivity contribution < 1.29 is 14.7 Å². The van der Waals surface area contributed by atoms with Gasteiger partial charge in [0.2, 0.25) is 5.91 Å². The van der Waals surface area contributed by atoms with Crippen LogP contribution in [0.25, 0.3) is 0 Å². The Bertz CT molecular complexity index is 550. The van der Waals surface area contributed by atoms with Crippen molar-refractivity contribution in [3.05, 3.63) is 35.4 Å². The average Bonchev–Trinajstić information content (AvgIpc) is 2.54. The Morgan fingerprint density at radius 2 is 1.87 bits per heavy atom. The molecule has 1 unspecified atom stereocenters. The predicted octanol–water partition coefficient (Wildman–Crippen LogP) is 3.35. The van der Waals surface area contributed by atoms with Gasteiger partial charge in [0.05, 0.1) is 0 Å². The molecular weight excluding hydrogens is 310 g/mol. The fourth-order valence-corrected chi connectivity index (χ4v) is 4.18. The highest BCUT2D eigenvalue weighted by Crippen LogP contribution is 2.29. The quantitative estimate of drug-likeness (QED) is 0.837. The Hall–Kier alpha value is -1.49. The number of benzene rings is 1. The van der Waals surface area contributed by atoms with Gasteiger partial charge in [-0.1, -0.05) is 36.8 Å². The van der Waals surface area contributed by atoms with E-state index in [0.29, 0.717) is 19.3 Å². The van der Waals surface area contributed by atoms with E-state index in [1.54, 1.807) is 11.8 Å². The molecule has 1 aliphatic rings. The van der Waals surface area contributed by atoms with Crippen LogP contribution in [0.4, 0.5) is 0 Å². The predicted molar refractivity (Wildman–Crippen MR) is 93.9 cm³/mol. The van der Waals surface area contributed by atoms with Gasteiger partial charge in [-0.05, 0) is 49.2 Å². The number of hydrogen-bond acceptors (Lipinski definition) is 3. The van der Waals surface area contributed by atoms with E-state index in [-0.39, 0.29) is 11.8 Å². The number of carboxylic acids is 1. The van der Waals surface area contributed by atoms with Gasteiger partial charge in [-0.25, -0.2) is 4.79 Å².